The van der Waals surface area contributed by atoms with Crippen molar-refractivity contribution in [1.82, 2.24) is 0 Å². The Bertz CT molecular complexity index is 464. The molecule has 19 heavy (non-hydrogen) atoms. The normalized spacial score (nSPS) is 20.1. The fraction of sp³-hybridized carbons (Fsp3) is 0.538. The van der Waals surface area contributed by atoms with Gasteiger partial charge in [0, 0.05) is 31.5 Å². The molecule has 1 heterocycles. The fourth-order valence-corrected chi connectivity index (χ4v) is 2.30. The van der Waals surface area contributed by atoms with Gasteiger partial charge in [-0.15, -0.1) is 0 Å². The largest absolute Gasteiger partial charge is 0.391 e. The molecule has 1 unspecified atom stereocenters. The van der Waals surface area contributed by atoms with Gasteiger partial charge in [-0.2, -0.15) is 0 Å². The van der Waals surface area contributed by atoms with E-state index in [0.717, 1.165) is 31.8 Å². The summed E-state index contributed by atoms with van der Waals surface area (Å²) in [7, 11) is 0. The minimum Gasteiger partial charge on any atom is -0.391 e. The average molecular weight is 266 g/mol. The molecular weight excluding hydrogens is 248 g/mol. The van der Waals surface area contributed by atoms with Crippen molar-refractivity contribution in [1.29, 1.82) is 0 Å². The molecule has 1 atom stereocenters. The first-order valence-corrected chi connectivity index (χ1v) is 6.36. The highest BCUT2D eigenvalue weighted by molar-refractivity contribution is 5.55. The Labute approximate surface area is 111 Å². The monoisotopic (exact) mass is 266 g/mol. The third kappa shape index (κ3) is 3.21. The standard InChI is InChI=1S/C13H18N2O4/c1-10-8-14(5-2-6-19-10)12-3-4-13(15(17)18)11(7-12)9-16/h3-4,7,10,16H,2,5-6,8-9H2,1H3. The summed E-state index contributed by atoms with van der Waals surface area (Å²) in [4.78, 5) is 12.5. The third-order valence-electron chi connectivity index (χ3n) is 3.25. The van der Waals surface area contributed by atoms with Crippen LogP contribution in [0.15, 0.2) is 18.2 Å². The lowest BCUT2D eigenvalue weighted by molar-refractivity contribution is -0.385. The molecule has 6 nitrogen and oxygen atoms in total. The van der Waals surface area contributed by atoms with E-state index in [9.17, 15) is 15.2 Å². The summed E-state index contributed by atoms with van der Waals surface area (Å²) in [5.74, 6) is 0. The fourth-order valence-electron chi connectivity index (χ4n) is 2.30. The van der Waals surface area contributed by atoms with Crippen LogP contribution in [0.5, 0.6) is 0 Å². The predicted molar refractivity (Wildman–Crippen MR) is 71.3 cm³/mol. The van der Waals surface area contributed by atoms with Gasteiger partial charge in [0.1, 0.15) is 0 Å². The van der Waals surface area contributed by atoms with Gasteiger partial charge in [-0.05, 0) is 25.5 Å². The molecule has 6 heteroatoms. The van der Waals surface area contributed by atoms with Crippen LogP contribution in [0.2, 0.25) is 0 Å². The van der Waals surface area contributed by atoms with Crippen LogP contribution in [0, 0.1) is 10.1 Å². The first-order valence-electron chi connectivity index (χ1n) is 6.36. The van der Waals surface area contributed by atoms with Gasteiger partial charge >= 0.3 is 0 Å². The van der Waals surface area contributed by atoms with Gasteiger partial charge in [0.15, 0.2) is 0 Å². The SMILES string of the molecule is CC1CN(c2ccc([N+](=O)[O-])c(CO)c2)CCCO1. The molecule has 2 rings (SSSR count). The maximum atomic E-state index is 10.8. The number of nitro benzene ring substituents is 1. The molecule has 0 aromatic heterocycles. The van der Waals surface area contributed by atoms with E-state index >= 15 is 0 Å². The Hall–Kier alpha value is -1.66. The Morgan fingerprint density at radius 1 is 1.58 bits per heavy atom. The maximum absolute atomic E-state index is 10.8. The van der Waals surface area contributed by atoms with Gasteiger partial charge in [-0.25, -0.2) is 0 Å². The van der Waals surface area contributed by atoms with Crippen molar-refractivity contribution in [2.24, 2.45) is 0 Å². The highest BCUT2D eigenvalue weighted by Crippen LogP contribution is 2.26. The number of nitrogens with zero attached hydrogens (tertiary/aromatic N) is 2. The van der Waals surface area contributed by atoms with Crippen LogP contribution in [-0.2, 0) is 11.3 Å². The Morgan fingerprint density at radius 3 is 3.05 bits per heavy atom. The lowest BCUT2D eigenvalue weighted by Gasteiger charge is -2.24. The highest BCUT2D eigenvalue weighted by atomic mass is 16.6. The minimum atomic E-state index is -0.469. The van der Waals surface area contributed by atoms with Crippen LogP contribution in [0.3, 0.4) is 0 Å². The first-order chi connectivity index (χ1) is 9.11. The molecule has 0 saturated carbocycles. The number of hydrogen-bond donors (Lipinski definition) is 1. The van der Waals surface area contributed by atoms with Crippen LogP contribution in [0.1, 0.15) is 18.9 Å². The maximum Gasteiger partial charge on any atom is 0.275 e. The van der Waals surface area contributed by atoms with E-state index in [1.165, 1.54) is 6.07 Å². The molecule has 0 spiro atoms. The summed E-state index contributed by atoms with van der Waals surface area (Å²) in [6.45, 7) is 4.02. The number of rotatable bonds is 3. The van der Waals surface area contributed by atoms with Crippen LogP contribution in [0.4, 0.5) is 11.4 Å². The molecule has 1 saturated heterocycles. The lowest BCUT2D eigenvalue weighted by atomic mass is 10.1. The van der Waals surface area contributed by atoms with Crippen LogP contribution >= 0.6 is 0 Å². The number of nitro groups is 1. The third-order valence-corrected chi connectivity index (χ3v) is 3.25. The molecule has 0 radical (unpaired) electrons. The zero-order valence-electron chi connectivity index (χ0n) is 10.9. The van der Waals surface area contributed by atoms with Gasteiger partial charge in [0.25, 0.3) is 5.69 Å². The van der Waals surface area contributed by atoms with Crippen molar-refractivity contribution in [3.05, 3.63) is 33.9 Å². The number of aliphatic hydroxyl groups excluding tert-OH is 1. The number of anilines is 1. The van der Waals surface area contributed by atoms with Gasteiger partial charge in [-0.1, -0.05) is 0 Å². The molecule has 1 aliphatic rings. The molecule has 1 aromatic rings. The number of aliphatic hydroxyl groups is 1. The summed E-state index contributed by atoms with van der Waals surface area (Å²) < 4.78 is 5.57. The highest BCUT2D eigenvalue weighted by Gasteiger charge is 2.19. The Morgan fingerprint density at radius 2 is 2.37 bits per heavy atom. The quantitative estimate of drug-likeness (QED) is 0.665. The van der Waals surface area contributed by atoms with Gasteiger partial charge in [-0.3, -0.25) is 10.1 Å². The average Bonchev–Trinajstić information content (AvgIpc) is 2.62. The molecule has 104 valence electrons. The van der Waals surface area contributed by atoms with Crippen molar-refractivity contribution in [2.75, 3.05) is 24.6 Å². The van der Waals surface area contributed by atoms with E-state index in [2.05, 4.69) is 4.90 Å². The minimum absolute atomic E-state index is 0.0367. The lowest BCUT2D eigenvalue weighted by Crippen LogP contribution is -2.30. The topological polar surface area (TPSA) is 75.8 Å². The summed E-state index contributed by atoms with van der Waals surface area (Å²) >= 11 is 0. The molecule has 0 amide bonds. The molecule has 1 fully saturated rings. The van der Waals surface area contributed by atoms with Gasteiger partial charge < -0.3 is 14.7 Å². The van der Waals surface area contributed by atoms with Crippen molar-refractivity contribution in [3.8, 4) is 0 Å². The zero-order chi connectivity index (χ0) is 13.8. The molecule has 0 aliphatic carbocycles. The Kier molecular flexibility index (Phi) is 4.34. The zero-order valence-corrected chi connectivity index (χ0v) is 10.9. The van der Waals surface area contributed by atoms with Crippen molar-refractivity contribution >= 4 is 11.4 Å². The smallest absolute Gasteiger partial charge is 0.275 e. The molecule has 1 aliphatic heterocycles. The van der Waals surface area contributed by atoms with Gasteiger partial charge in [0.2, 0.25) is 0 Å². The Balaban J connectivity index is 2.26. The molecule has 1 aromatic carbocycles. The van der Waals surface area contributed by atoms with Crippen molar-refractivity contribution in [3.63, 3.8) is 0 Å². The molecular formula is C13H18N2O4. The second-order valence-electron chi connectivity index (χ2n) is 4.71. The second kappa shape index (κ2) is 5.99. The van der Waals surface area contributed by atoms with Crippen molar-refractivity contribution < 1.29 is 14.8 Å². The van der Waals surface area contributed by atoms with E-state index in [4.69, 9.17) is 4.74 Å². The van der Waals surface area contributed by atoms with Gasteiger partial charge in [0.05, 0.1) is 23.2 Å². The number of hydrogen-bond acceptors (Lipinski definition) is 5. The van der Waals surface area contributed by atoms with Crippen LogP contribution in [-0.4, -0.2) is 35.8 Å². The van der Waals surface area contributed by atoms with E-state index in [1.54, 1.807) is 12.1 Å². The predicted octanol–water partition coefficient (Wildman–Crippen LogP) is 1.70. The number of ether oxygens (including phenoxy) is 1. The van der Waals surface area contributed by atoms with Crippen molar-refractivity contribution in [2.45, 2.75) is 26.1 Å². The van der Waals surface area contributed by atoms with E-state index in [1.807, 2.05) is 6.92 Å². The van der Waals surface area contributed by atoms with E-state index < -0.39 is 4.92 Å². The summed E-state index contributed by atoms with van der Waals surface area (Å²) in [6, 6.07) is 4.88. The molecule has 1 N–H and O–H groups in total. The summed E-state index contributed by atoms with van der Waals surface area (Å²) in [5.41, 5.74) is 1.21. The molecule has 0 bridgehead atoms. The van der Waals surface area contributed by atoms with E-state index in [-0.39, 0.29) is 18.4 Å². The summed E-state index contributed by atoms with van der Waals surface area (Å²) in [6.07, 6.45) is 1.06. The van der Waals surface area contributed by atoms with Crippen LogP contribution in [0.25, 0.3) is 0 Å². The van der Waals surface area contributed by atoms with E-state index in [0.29, 0.717) is 5.56 Å². The second-order valence-corrected chi connectivity index (χ2v) is 4.71. The number of benzene rings is 1. The summed E-state index contributed by atoms with van der Waals surface area (Å²) in [5, 5.41) is 20.1. The van der Waals surface area contributed by atoms with Crippen LogP contribution < -0.4 is 4.90 Å². The first kappa shape index (κ1) is 13.8.